The van der Waals surface area contributed by atoms with E-state index < -0.39 is 5.60 Å². The topological polar surface area (TPSA) is 59.0 Å². The predicted molar refractivity (Wildman–Crippen MR) is 66.3 cm³/mol. The van der Waals surface area contributed by atoms with Crippen LogP contribution in [0.4, 0.5) is 4.79 Å². The molecule has 5 nitrogen and oxygen atoms in total. The first kappa shape index (κ1) is 13.6. The summed E-state index contributed by atoms with van der Waals surface area (Å²) < 4.78 is 11.0. The molecule has 0 spiro atoms. The molecule has 2 bridgehead atoms. The number of hydrogen-bond acceptors (Lipinski definition) is 4. The Kier molecular flexibility index (Phi) is 3.82. The molecular weight excluding hydrogens is 234 g/mol. The standard InChI is InChI=1S/C13H23NO4/c1-4-13(2,3)18-12(16)14-9-5-11(15)6-10(14)8-17-7-9/h9-11,15H,4-8H2,1-3H3. The molecule has 2 saturated heterocycles. The van der Waals surface area contributed by atoms with Gasteiger partial charge in [0, 0.05) is 0 Å². The van der Waals surface area contributed by atoms with Crippen molar-refractivity contribution in [3.05, 3.63) is 0 Å². The summed E-state index contributed by atoms with van der Waals surface area (Å²) in [6, 6.07) is -0.0969. The zero-order chi connectivity index (χ0) is 13.3. The first-order valence-electron chi connectivity index (χ1n) is 6.70. The van der Waals surface area contributed by atoms with Crippen molar-refractivity contribution in [3.63, 3.8) is 0 Å². The number of amides is 1. The summed E-state index contributed by atoms with van der Waals surface area (Å²) in [5.41, 5.74) is -0.442. The SMILES string of the molecule is CCC(C)(C)OC(=O)N1C2COCC1CC(O)C2. The molecule has 5 heteroatoms. The molecule has 2 fully saturated rings. The number of rotatable bonds is 2. The van der Waals surface area contributed by atoms with Gasteiger partial charge in [0.15, 0.2) is 0 Å². The molecule has 2 aliphatic rings. The van der Waals surface area contributed by atoms with Gasteiger partial charge in [-0.25, -0.2) is 4.79 Å². The largest absolute Gasteiger partial charge is 0.443 e. The molecule has 2 atom stereocenters. The van der Waals surface area contributed by atoms with Gasteiger partial charge in [-0.3, -0.25) is 4.90 Å². The number of fused-ring (bicyclic) bond motifs is 2. The molecule has 0 aromatic heterocycles. The van der Waals surface area contributed by atoms with E-state index in [1.54, 1.807) is 4.90 Å². The maximum Gasteiger partial charge on any atom is 0.410 e. The summed E-state index contributed by atoms with van der Waals surface area (Å²) in [5, 5.41) is 9.76. The first-order valence-corrected chi connectivity index (χ1v) is 6.70. The highest BCUT2D eigenvalue weighted by molar-refractivity contribution is 5.69. The molecule has 0 saturated carbocycles. The Labute approximate surface area is 108 Å². The second-order valence-corrected chi connectivity index (χ2v) is 5.86. The van der Waals surface area contributed by atoms with Crippen molar-refractivity contribution in [1.29, 1.82) is 0 Å². The summed E-state index contributed by atoms with van der Waals surface area (Å²) >= 11 is 0. The van der Waals surface area contributed by atoms with Crippen molar-refractivity contribution in [2.75, 3.05) is 13.2 Å². The molecule has 0 radical (unpaired) electrons. The Morgan fingerprint density at radius 1 is 1.39 bits per heavy atom. The fourth-order valence-electron chi connectivity index (χ4n) is 2.55. The number of carbonyl (C=O) groups is 1. The molecule has 2 unspecified atom stereocenters. The van der Waals surface area contributed by atoms with Crippen molar-refractivity contribution in [2.45, 2.75) is 63.8 Å². The van der Waals surface area contributed by atoms with Crippen LogP contribution < -0.4 is 0 Å². The van der Waals surface area contributed by atoms with Crippen LogP contribution in [0.1, 0.15) is 40.0 Å². The monoisotopic (exact) mass is 257 g/mol. The number of nitrogens with zero attached hydrogens (tertiary/aromatic N) is 1. The van der Waals surface area contributed by atoms with Crippen LogP contribution in [0.3, 0.4) is 0 Å². The van der Waals surface area contributed by atoms with Gasteiger partial charge in [0.05, 0.1) is 31.4 Å². The van der Waals surface area contributed by atoms with Crippen molar-refractivity contribution < 1.29 is 19.4 Å². The minimum absolute atomic E-state index is 0.0485. The van der Waals surface area contributed by atoms with E-state index >= 15 is 0 Å². The van der Waals surface area contributed by atoms with Gasteiger partial charge in [-0.15, -0.1) is 0 Å². The quantitative estimate of drug-likeness (QED) is 0.815. The zero-order valence-electron chi connectivity index (χ0n) is 11.4. The fraction of sp³-hybridized carbons (Fsp3) is 0.923. The van der Waals surface area contributed by atoms with E-state index in [1.165, 1.54) is 0 Å². The van der Waals surface area contributed by atoms with E-state index in [-0.39, 0.29) is 24.3 Å². The lowest BCUT2D eigenvalue weighted by molar-refractivity contribution is -0.105. The number of ether oxygens (including phenoxy) is 2. The molecular formula is C13H23NO4. The van der Waals surface area contributed by atoms with Gasteiger partial charge < -0.3 is 14.6 Å². The number of morpholine rings is 1. The predicted octanol–water partition coefficient (Wildman–Crippen LogP) is 1.54. The normalized spacial score (nSPS) is 32.2. The third-order valence-electron chi connectivity index (χ3n) is 3.92. The van der Waals surface area contributed by atoms with Crippen LogP contribution in [0.5, 0.6) is 0 Å². The highest BCUT2D eigenvalue weighted by atomic mass is 16.6. The van der Waals surface area contributed by atoms with Gasteiger partial charge in [0.25, 0.3) is 0 Å². The van der Waals surface area contributed by atoms with E-state index in [9.17, 15) is 9.90 Å². The minimum atomic E-state index is -0.442. The van der Waals surface area contributed by atoms with Crippen molar-refractivity contribution in [3.8, 4) is 0 Å². The summed E-state index contributed by atoms with van der Waals surface area (Å²) in [4.78, 5) is 14.0. The number of piperidine rings is 1. The van der Waals surface area contributed by atoms with Crippen molar-refractivity contribution in [1.82, 2.24) is 4.90 Å². The fourth-order valence-corrected chi connectivity index (χ4v) is 2.55. The van der Waals surface area contributed by atoms with Gasteiger partial charge in [-0.1, -0.05) is 6.92 Å². The minimum Gasteiger partial charge on any atom is -0.443 e. The molecule has 0 aromatic rings. The summed E-state index contributed by atoms with van der Waals surface area (Å²) in [7, 11) is 0. The second-order valence-electron chi connectivity index (χ2n) is 5.86. The molecule has 0 aliphatic carbocycles. The summed E-state index contributed by atoms with van der Waals surface area (Å²) in [6.45, 7) is 6.81. The molecule has 2 aliphatic heterocycles. The van der Waals surface area contributed by atoms with Crippen LogP contribution in [0.2, 0.25) is 0 Å². The molecule has 104 valence electrons. The number of carbonyl (C=O) groups excluding carboxylic acids is 1. The van der Waals surface area contributed by atoms with Gasteiger partial charge in [0.1, 0.15) is 5.60 Å². The lowest BCUT2D eigenvalue weighted by atomic mass is 9.92. The van der Waals surface area contributed by atoms with Crippen molar-refractivity contribution in [2.24, 2.45) is 0 Å². The highest BCUT2D eigenvalue weighted by Gasteiger charge is 2.43. The molecule has 1 amide bonds. The lowest BCUT2D eigenvalue weighted by Crippen LogP contribution is -2.60. The number of aliphatic hydroxyl groups excluding tert-OH is 1. The van der Waals surface area contributed by atoms with E-state index in [1.807, 2.05) is 20.8 Å². The Balaban J connectivity index is 2.05. The Morgan fingerprint density at radius 2 is 1.94 bits per heavy atom. The number of hydrogen-bond donors (Lipinski definition) is 1. The van der Waals surface area contributed by atoms with E-state index in [0.29, 0.717) is 26.1 Å². The number of aliphatic hydroxyl groups is 1. The average molecular weight is 257 g/mol. The Hall–Kier alpha value is -0.810. The molecule has 1 N–H and O–H groups in total. The van der Waals surface area contributed by atoms with E-state index in [2.05, 4.69) is 0 Å². The third kappa shape index (κ3) is 2.78. The molecule has 2 heterocycles. The lowest BCUT2D eigenvalue weighted by Gasteiger charge is -2.47. The Bertz CT molecular complexity index is 304. The molecule has 18 heavy (non-hydrogen) atoms. The maximum absolute atomic E-state index is 12.3. The van der Waals surface area contributed by atoms with Crippen molar-refractivity contribution >= 4 is 6.09 Å². The molecule has 0 aromatic carbocycles. The van der Waals surface area contributed by atoms with Gasteiger partial charge in [0.2, 0.25) is 0 Å². The van der Waals surface area contributed by atoms with Gasteiger partial charge in [-0.2, -0.15) is 0 Å². The summed E-state index contributed by atoms with van der Waals surface area (Å²) in [5.74, 6) is 0. The Morgan fingerprint density at radius 3 is 2.44 bits per heavy atom. The van der Waals surface area contributed by atoms with E-state index in [4.69, 9.17) is 9.47 Å². The van der Waals surface area contributed by atoms with Crippen LogP contribution >= 0.6 is 0 Å². The van der Waals surface area contributed by atoms with Gasteiger partial charge in [-0.05, 0) is 33.1 Å². The smallest absolute Gasteiger partial charge is 0.410 e. The van der Waals surface area contributed by atoms with Gasteiger partial charge >= 0.3 is 6.09 Å². The second kappa shape index (κ2) is 5.05. The zero-order valence-corrected chi connectivity index (χ0v) is 11.4. The van der Waals surface area contributed by atoms with Crippen LogP contribution in [0.25, 0.3) is 0 Å². The average Bonchev–Trinajstić information content (AvgIpc) is 2.27. The van der Waals surface area contributed by atoms with E-state index in [0.717, 1.165) is 6.42 Å². The van der Waals surface area contributed by atoms with Crippen LogP contribution in [0.15, 0.2) is 0 Å². The highest BCUT2D eigenvalue weighted by Crippen LogP contribution is 2.29. The first-order chi connectivity index (χ1) is 8.43. The van der Waals surface area contributed by atoms with Crippen LogP contribution in [0, 0.1) is 0 Å². The third-order valence-corrected chi connectivity index (χ3v) is 3.92. The van der Waals surface area contributed by atoms with Crippen LogP contribution in [-0.2, 0) is 9.47 Å². The van der Waals surface area contributed by atoms with Crippen LogP contribution in [-0.4, -0.2) is 53.1 Å². The summed E-state index contributed by atoms with van der Waals surface area (Å²) in [6.07, 6.45) is 1.34. The maximum atomic E-state index is 12.3. The molecule has 2 rings (SSSR count).